The first-order chi connectivity index (χ1) is 14.5. The topological polar surface area (TPSA) is 67.4 Å². The molecule has 0 saturated carbocycles. The van der Waals surface area contributed by atoms with Crippen LogP contribution in [-0.2, 0) is 9.59 Å². The largest absolute Gasteiger partial charge is 0.483 e. The van der Waals surface area contributed by atoms with E-state index < -0.39 is 0 Å². The van der Waals surface area contributed by atoms with Gasteiger partial charge in [-0.3, -0.25) is 9.59 Å². The normalized spacial score (nSPS) is 10.3. The van der Waals surface area contributed by atoms with Crippen molar-refractivity contribution in [1.82, 2.24) is 0 Å². The van der Waals surface area contributed by atoms with E-state index in [2.05, 4.69) is 26.6 Å². The van der Waals surface area contributed by atoms with Gasteiger partial charge in [0.25, 0.3) is 5.91 Å². The second kappa shape index (κ2) is 10.6. The molecule has 6 heteroatoms. The minimum atomic E-state index is -0.267. The Bertz CT molecular complexity index is 1000. The van der Waals surface area contributed by atoms with Gasteiger partial charge in [-0.1, -0.05) is 43.3 Å². The van der Waals surface area contributed by atoms with E-state index in [-0.39, 0.29) is 18.4 Å². The van der Waals surface area contributed by atoms with Gasteiger partial charge in [0.15, 0.2) is 6.61 Å². The number of amides is 2. The van der Waals surface area contributed by atoms with E-state index in [9.17, 15) is 9.59 Å². The molecule has 0 radical (unpaired) electrons. The molecule has 2 amide bonds. The number of halogens is 1. The van der Waals surface area contributed by atoms with Crippen LogP contribution in [0.4, 0.5) is 11.4 Å². The van der Waals surface area contributed by atoms with Crippen molar-refractivity contribution in [2.24, 2.45) is 0 Å². The summed E-state index contributed by atoms with van der Waals surface area (Å²) in [6, 6.07) is 22.8. The smallest absolute Gasteiger partial charge is 0.262 e. The number of nitrogens with one attached hydrogen (secondary N) is 2. The van der Waals surface area contributed by atoms with Gasteiger partial charge in [-0.25, -0.2) is 0 Å². The molecule has 2 N–H and O–H groups in total. The number of carbonyl (C=O) groups excluding carboxylic acids is 2. The fourth-order valence-corrected chi connectivity index (χ4v) is 3.35. The molecule has 0 unspecified atom stereocenters. The van der Waals surface area contributed by atoms with Crippen LogP contribution in [-0.4, -0.2) is 18.4 Å². The summed E-state index contributed by atoms with van der Waals surface area (Å²) < 4.78 is 6.43. The molecule has 0 saturated heterocycles. The van der Waals surface area contributed by atoms with E-state index in [1.807, 2.05) is 55.5 Å². The lowest BCUT2D eigenvalue weighted by atomic mass is 10.1. The summed E-state index contributed by atoms with van der Waals surface area (Å²) in [6.07, 6.45) is 1.28. The first-order valence-electron chi connectivity index (χ1n) is 9.72. The fourth-order valence-electron chi connectivity index (χ4n) is 2.86. The average molecular weight is 467 g/mol. The van der Waals surface area contributed by atoms with Crippen molar-refractivity contribution in [3.63, 3.8) is 0 Å². The van der Waals surface area contributed by atoms with E-state index >= 15 is 0 Å². The third-order valence-electron chi connectivity index (χ3n) is 4.33. The van der Waals surface area contributed by atoms with Crippen LogP contribution in [0.3, 0.4) is 0 Å². The van der Waals surface area contributed by atoms with Crippen LogP contribution in [0.25, 0.3) is 11.1 Å². The fraction of sp³-hybridized carbons (Fsp3) is 0.167. The maximum absolute atomic E-state index is 12.2. The third kappa shape index (κ3) is 6.19. The van der Waals surface area contributed by atoms with Crippen LogP contribution in [0.1, 0.15) is 19.8 Å². The van der Waals surface area contributed by atoms with Crippen LogP contribution in [0.15, 0.2) is 77.3 Å². The molecule has 30 heavy (non-hydrogen) atoms. The number of ether oxygens (including phenoxy) is 1. The average Bonchev–Trinajstić information content (AvgIpc) is 2.75. The highest BCUT2D eigenvalue weighted by Gasteiger charge is 2.08. The Morgan fingerprint density at radius 1 is 0.833 bits per heavy atom. The SMILES string of the molecule is CCCC(=O)Nc1ccc(NC(=O)COc2ccc(-c3ccccc3)cc2Br)cc1. The number of carbonyl (C=O) groups is 2. The molecule has 154 valence electrons. The number of anilines is 2. The minimum Gasteiger partial charge on any atom is -0.483 e. The van der Waals surface area contributed by atoms with Gasteiger partial charge in [-0.15, -0.1) is 0 Å². The number of benzene rings is 3. The van der Waals surface area contributed by atoms with Gasteiger partial charge in [0.05, 0.1) is 4.47 Å². The number of hydrogen-bond acceptors (Lipinski definition) is 3. The van der Waals surface area contributed by atoms with E-state index in [1.54, 1.807) is 24.3 Å². The van der Waals surface area contributed by atoms with Crippen LogP contribution < -0.4 is 15.4 Å². The Labute approximate surface area is 184 Å². The highest BCUT2D eigenvalue weighted by molar-refractivity contribution is 9.10. The van der Waals surface area contributed by atoms with Gasteiger partial charge >= 0.3 is 0 Å². The predicted octanol–water partition coefficient (Wildman–Crippen LogP) is 5.87. The first kappa shape index (κ1) is 21.6. The van der Waals surface area contributed by atoms with E-state index in [4.69, 9.17) is 4.74 Å². The molecule has 0 aromatic heterocycles. The van der Waals surface area contributed by atoms with Crippen molar-refractivity contribution in [3.05, 3.63) is 77.3 Å². The van der Waals surface area contributed by atoms with Crippen molar-refractivity contribution in [2.45, 2.75) is 19.8 Å². The maximum Gasteiger partial charge on any atom is 0.262 e. The number of rotatable bonds is 8. The van der Waals surface area contributed by atoms with Crippen LogP contribution in [0, 0.1) is 0 Å². The minimum absolute atomic E-state index is 0.0217. The van der Waals surface area contributed by atoms with Crippen LogP contribution >= 0.6 is 15.9 Å². The molecule has 3 rings (SSSR count). The van der Waals surface area contributed by atoms with Gasteiger partial charge in [0, 0.05) is 17.8 Å². The van der Waals surface area contributed by atoms with E-state index in [1.165, 1.54) is 0 Å². The molecular weight excluding hydrogens is 444 g/mol. The van der Waals surface area contributed by atoms with Crippen molar-refractivity contribution in [2.75, 3.05) is 17.2 Å². The lowest BCUT2D eigenvalue weighted by Gasteiger charge is -2.11. The molecule has 0 aliphatic rings. The predicted molar refractivity (Wildman–Crippen MR) is 124 cm³/mol. The highest BCUT2D eigenvalue weighted by atomic mass is 79.9. The zero-order valence-electron chi connectivity index (χ0n) is 16.7. The molecule has 0 bridgehead atoms. The molecule has 0 fully saturated rings. The van der Waals surface area contributed by atoms with Crippen LogP contribution in [0.5, 0.6) is 5.75 Å². The summed E-state index contributed by atoms with van der Waals surface area (Å²) in [5, 5.41) is 5.59. The first-order valence-corrected chi connectivity index (χ1v) is 10.5. The standard InChI is InChI=1S/C24H23BrN2O3/c1-2-6-23(28)26-19-10-12-20(13-11-19)27-24(29)16-30-22-14-9-18(15-21(22)25)17-7-4-3-5-8-17/h3-5,7-15H,2,6,16H2,1H3,(H,26,28)(H,27,29). The molecule has 3 aromatic carbocycles. The second-order valence-electron chi connectivity index (χ2n) is 6.72. The molecule has 0 aliphatic heterocycles. The van der Waals surface area contributed by atoms with Gasteiger partial charge in [0.2, 0.25) is 5.91 Å². The van der Waals surface area contributed by atoms with Crippen LogP contribution in [0.2, 0.25) is 0 Å². The summed E-state index contributed by atoms with van der Waals surface area (Å²) >= 11 is 3.51. The number of hydrogen-bond donors (Lipinski definition) is 2. The molecule has 0 atom stereocenters. The lowest BCUT2D eigenvalue weighted by molar-refractivity contribution is -0.118. The molecular formula is C24H23BrN2O3. The molecule has 0 aliphatic carbocycles. The van der Waals surface area contributed by atoms with Crippen molar-refractivity contribution >= 4 is 39.1 Å². The highest BCUT2D eigenvalue weighted by Crippen LogP contribution is 2.30. The van der Waals surface area contributed by atoms with Crippen molar-refractivity contribution < 1.29 is 14.3 Å². The quantitative estimate of drug-likeness (QED) is 0.435. The lowest BCUT2D eigenvalue weighted by Crippen LogP contribution is -2.20. The Balaban J connectivity index is 1.52. The molecule has 0 spiro atoms. The molecule has 0 heterocycles. The molecule has 5 nitrogen and oxygen atoms in total. The zero-order valence-corrected chi connectivity index (χ0v) is 18.2. The van der Waals surface area contributed by atoms with Gasteiger partial charge in [-0.2, -0.15) is 0 Å². The Hall–Kier alpha value is -3.12. The van der Waals surface area contributed by atoms with Gasteiger partial charge < -0.3 is 15.4 Å². The van der Waals surface area contributed by atoms with Crippen molar-refractivity contribution in [1.29, 1.82) is 0 Å². The van der Waals surface area contributed by atoms with Gasteiger partial charge in [-0.05, 0) is 69.9 Å². The summed E-state index contributed by atoms with van der Waals surface area (Å²) in [5.74, 6) is 0.308. The van der Waals surface area contributed by atoms with Crippen molar-refractivity contribution in [3.8, 4) is 16.9 Å². The zero-order chi connectivity index (χ0) is 21.3. The Kier molecular flexibility index (Phi) is 7.63. The maximum atomic E-state index is 12.2. The van der Waals surface area contributed by atoms with E-state index in [0.717, 1.165) is 22.0 Å². The summed E-state index contributed by atoms with van der Waals surface area (Å²) in [5.41, 5.74) is 3.50. The molecule has 3 aromatic rings. The summed E-state index contributed by atoms with van der Waals surface area (Å²) in [7, 11) is 0. The second-order valence-corrected chi connectivity index (χ2v) is 7.58. The summed E-state index contributed by atoms with van der Waals surface area (Å²) in [6.45, 7) is 1.84. The Morgan fingerprint density at radius 2 is 1.47 bits per heavy atom. The van der Waals surface area contributed by atoms with Gasteiger partial charge in [0.1, 0.15) is 5.75 Å². The monoisotopic (exact) mass is 466 g/mol. The summed E-state index contributed by atoms with van der Waals surface area (Å²) in [4.78, 5) is 23.8. The van der Waals surface area contributed by atoms with E-state index in [0.29, 0.717) is 23.5 Å². The third-order valence-corrected chi connectivity index (χ3v) is 4.95. The Morgan fingerprint density at radius 3 is 2.07 bits per heavy atom.